The fourth-order valence-corrected chi connectivity index (χ4v) is 5.50. The monoisotopic (exact) mass is 592 g/mol. The molecule has 9 nitrogen and oxygen atoms in total. The average molecular weight is 593 g/mol. The van der Waals surface area contributed by atoms with Crippen molar-refractivity contribution in [2.75, 3.05) is 41.0 Å². The number of amides is 2. The van der Waals surface area contributed by atoms with Crippen molar-refractivity contribution in [1.82, 2.24) is 20.1 Å². The average Bonchev–Trinajstić information content (AvgIpc) is 3.45. The largest absolute Gasteiger partial charge is 0.417 e. The number of hydrogen-bond acceptors (Lipinski definition) is 7. The summed E-state index contributed by atoms with van der Waals surface area (Å²) in [5.41, 5.74) is 0.398. The van der Waals surface area contributed by atoms with Gasteiger partial charge in [0.25, 0.3) is 0 Å². The SMILES string of the molecule is CN(C)C(=O)Oc1ccccc1.COC1COCCC1NC1CCC(C(=O)N2CCc3ncc(C(F)(F)F)cc3C2)C1. The Morgan fingerprint density at radius 3 is 2.60 bits per heavy atom. The zero-order valence-corrected chi connectivity index (χ0v) is 24.2. The van der Waals surface area contributed by atoms with Gasteiger partial charge in [-0.3, -0.25) is 9.78 Å². The highest BCUT2D eigenvalue weighted by molar-refractivity contribution is 5.79. The second-order valence-corrected chi connectivity index (χ2v) is 11.0. The van der Waals surface area contributed by atoms with E-state index in [1.807, 2.05) is 18.2 Å². The van der Waals surface area contributed by atoms with E-state index in [1.54, 1.807) is 38.2 Å². The molecule has 1 N–H and O–H groups in total. The summed E-state index contributed by atoms with van der Waals surface area (Å²) in [6.45, 7) is 1.98. The van der Waals surface area contributed by atoms with Crippen LogP contribution in [-0.4, -0.2) is 85.9 Å². The predicted octanol–water partition coefficient (Wildman–Crippen LogP) is 4.29. The van der Waals surface area contributed by atoms with Gasteiger partial charge in [0.15, 0.2) is 0 Å². The molecule has 3 heterocycles. The van der Waals surface area contributed by atoms with E-state index in [0.717, 1.165) is 37.9 Å². The highest BCUT2D eigenvalue weighted by atomic mass is 19.4. The van der Waals surface area contributed by atoms with Crippen molar-refractivity contribution in [3.05, 3.63) is 59.4 Å². The summed E-state index contributed by atoms with van der Waals surface area (Å²) in [4.78, 5) is 31.1. The molecule has 4 unspecified atom stereocenters. The summed E-state index contributed by atoms with van der Waals surface area (Å²) in [5.74, 6) is 0.512. The number of aromatic nitrogens is 1. The van der Waals surface area contributed by atoms with Gasteiger partial charge in [0, 0.05) is 77.2 Å². The molecule has 4 atom stereocenters. The van der Waals surface area contributed by atoms with Crippen molar-refractivity contribution in [3.63, 3.8) is 0 Å². The number of hydrogen-bond donors (Lipinski definition) is 1. The molecule has 0 bridgehead atoms. The molecule has 1 aromatic heterocycles. The summed E-state index contributed by atoms with van der Waals surface area (Å²) in [7, 11) is 4.97. The van der Waals surface area contributed by atoms with E-state index in [2.05, 4.69) is 10.3 Å². The molecule has 2 aliphatic heterocycles. The van der Waals surface area contributed by atoms with Gasteiger partial charge in [-0.05, 0) is 49.4 Å². The van der Waals surface area contributed by atoms with Crippen LogP contribution < -0.4 is 10.1 Å². The Hall–Kier alpha value is -3.22. The number of benzene rings is 1. The van der Waals surface area contributed by atoms with E-state index < -0.39 is 11.7 Å². The molecular formula is C30H39F3N4O5. The van der Waals surface area contributed by atoms with Crippen LogP contribution in [0.4, 0.5) is 18.0 Å². The zero-order chi connectivity index (χ0) is 30.3. The maximum atomic E-state index is 13.1. The van der Waals surface area contributed by atoms with Crippen LogP contribution in [0.1, 0.15) is 42.5 Å². The number of nitrogens with zero attached hydrogens (tertiary/aromatic N) is 3. The third-order valence-electron chi connectivity index (χ3n) is 7.83. The van der Waals surface area contributed by atoms with Crippen LogP contribution >= 0.6 is 0 Å². The summed E-state index contributed by atoms with van der Waals surface area (Å²) in [6, 6.07) is 10.6. The van der Waals surface area contributed by atoms with E-state index in [4.69, 9.17) is 14.2 Å². The van der Waals surface area contributed by atoms with Crippen molar-refractivity contribution in [2.45, 2.75) is 63.0 Å². The lowest BCUT2D eigenvalue weighted by molar-refractivity contribution is -0.138. The van der Waals surface area contributed by atoms with Gasteiger partial charge in [-0.2, -0.15) is 13.2 Å². The molecular weight excluding hydrogens is 553 g/mol. The van der Waals surface area contributed by atoms with Gasteiger partial charge in [0.05, 0.1) is 18.3 Å². The van der Waals surface area contributed by atoms with Crippen molar-refractivity contribution >= 4 is 12.0 Å². The highest BCUT2D eigenvalue weighted by Gasteiger charge is 2.37. The number of rotatable bonds is 5. The Kier molecular flexibility index (Phi) is 10.8. The number of para-hydroxylation sites is 1. The van der Waals surface area contributed by atoms with Gasteiger partial charge in [0.1, 0.15) is 5.75 Å². The Bertz CT molecular complexity index is 1200. The maximum Gasteiger partial charge on any atom is 0.417 e. The number of ether oxygens (including phenoxy) is 3. The second kappa shape index (κ2) is 14.3. The summed E-state index contributed by atoms with van der Waals surface area (Å²) < 4.78 is 54.9. The Morgan fingerprint density at radius 1 is 1.14 bits per heavy atom. The van der Waals surface area contributed by atoms with E-state index in [-0.39, 0.29) is 42.7 Å². The number of alkyl halides is 3. The number of nitrogens with one attached hydrogen (secondary N) is 1. The van der Waals surface area contributed by atoms with Crippen LogP contribution in [0.3, 0.4) is 0 Å². The van der Waals surface area contributed by atoms with Crippen LogP contribution in [0.5, 0.6) is 5.75 Å². The standard InChI is InChI=1S/C21H28F3N3O3.C9H11NO2/c1-29-19-12-30-7-5-18(19)26-16-3-2-13(9-16)20(28)27-6-4-17-14(11-27)8-15(10-25-17)21(22,23)24;1-10(2)9(11)12-8-6-4-3-5-7-8/h8,10,13,16,18-19,26H,2-7,9,11-12H2,1H3;3-7H,1-2H3. The van der Waals surface area contributed by atoms with Crippen LogP contribution in [0.2, 0.25) is 0 Å². The van der Waals surface area contributed by atoms with E-state index in [1.165, 1.54) is 4.90 Å². The third kappa shape index (κ3) is 8.42. The fourth-order valence-electron chi connectivity index (χ4n) is 5.50. The first kappa shape index (κ1) is 31.7. The topological polar surface area (TPSA) is 93.2 Å². The third-order valence-corrected chi connectivity index (χ3v) is 7.83. The lowest BCUT2D eigenvalue weighted by Gasteiger charge is -2.33. The van der Waals surface area contributed by atoms with E-state index in [9.17, 15) is 22.8 Å². The lowest BCUT2D eigenvalue weighted by atomic mass is 10.00. The zero-order valence-electron chi connectivity index (χ0n) is 24.2. The molecule has 0 spiro atoms. The van der Waals surface area contributed by atoms with Crippen LogP contribution in [0.15, 0.2) is 42.6 Å². The van der Waals surface area contributed by atoms with E-state index >= 15 is 0 Å². The first-order valence-electron chi connectivity index (χ1n) is 14.2. The summed E-state index contributed by atoms with van der Waals surface area (Å²) >= 11 is 0. The molecule has 230 valence electrons. The van der Waals surface area contributed by atoms with Gasteiger partial charge in [-0.15, -0.1) is 0 Å². The number of fused-ring (bicyclic) bond motifs is 1. The minimum Gasteiger partial charge on any atom is -0.410 e. The molecule has 1 saturated heterocycles. The molecule has 0 radical (unpaired) electrons. The van der Waals surface area contributed by atoms with Crippen molar-refractivity contribution in [2.24, 2.45) is 5.92 Å². The highest BCUT2D eigenvalue weighted by Crippen LogP contribution is 2.33. The van der Waals surface area contributed by atoms with Gasteiger partial charge < -0.3 is 29.3 Å². The van der Waals surface area contributed by atoms with Gasteiger partial charge in [-0.1, -0.05) is 18.2 Å². The predicted molar refractivity (Wildman–Crippen MR) is 149 cm³/mol. The lowest BCUT2D eigenvalue weighted by Crippen LogP contribution is -2.50. The Morgan fingerprint density at radius 2 is 1.90 bits per heavy atom. The molecule has 2 amide bonds. The minimum absolute atomic E-state index is 0.0161. The van der Waals surface area contributed by atoms with Crippen molar-refractivity contribution in [3.8, 4) is 5.75 Å². The van der Waals surface area contributed by atoms with Crippen LogP contribution in [0.25, 0.3) is 0 Å². The molecule has 5 rings (SSSR count). The fraction of sp³-hybridized carbons (Fsp3) is 0.567. The molecule has 1 saturated carbocycles. The molecule has 2 fully saturated rings. The first-order chi connectivity index (χ1) is 20.0. The first-order valence-corrected chi connectivity index (χ1v) is 14.2. The number of carbonyl (C=O) groups excluding carboxylic acids is 2. The van der Waals surface area contributed by atoms with E-state index in [0.29, 0.717) is 43.2 Å². The summed E-state index contributed by atoms with van der Waals surface area (Å²) in [6.07, 6.45) is -0.0670. The quantitative estimate of drug-likeness (QED) is 0.554. The molecule has 1 aliphatic carbocycles. The second-order valence-electron chi connectivity index (χ2n) is 11.0. The smallest absolute Gasteiger partial charge is 0.410 e. The Labute approximate surface area is 244 Å². The molecule has 3 aliphatic rings. The number of pyridine rings is 1. The minimum atomic E-state index is -4.43. The van der Waals surface area contributed by atoms with Gasteiger partial charge >= 0.3 is 12.3 Å². The molecule has 42 heavy (non-hydrogen) atoms. The molecule has 1 aromatic carbocycles. The number of methoxy groups -OCH3 is 1. The molecule has 12 heteroatoms. The Balaban J connectivity index is 0.000000283. The van der Waals surface area contributed by atoms with Crippen LogP contribution in [-0.2, 0) is 33.4 Å². The maximum absolute atomic E-state index is 13.1. The van der Waals surface area contributed by atoms with Gasteiger partial charge in [0.2, 0.25) is 5.91 Å². The number of carbonyl (C=O) groups is 2. The van der Waals surface area contributed by atoms with Crippen molar-refractivity contribution < 1.29 is 37.0 Å². The normalized spacial score (nSPS) is 23.8. The molecule has 2 aromatic rings. The number of halogens is 3. The summed E-state index contributed by atoms with van der Waals surface area (Å²) in [5, 5.41) is 3.64. The van der Waals surface area contributed by atoms with Gasteiger partial charge in [-0.25, -0.2) is 4.79 Å². The van der Waals surface area contributed by atoms with Crippen LogP contribution in [0, 0.1) is 5.92 Å². The van der Waals surface area contributed by atoms with Crippen molar-refractivity contribution in [1.29, 1.82) is 0 Å².